The number of carbonyl (C=O) groups is 1. The maximum absolute atomic E-state index is 11.3. The quantitative estimate of drug-likeness (QED) is 0.674. The minimum absolute atomic E-state index is 0.0328. The van der Waals surface area contributed by atoms with E-state index in [1.807, 2.05) is 6.07 Å². The minimum atomic E-state index is -0.422. The number of nitriles is 1. The first-order valence-corrected chi connectivity index (χ1v) is 5.54. The Morgan fingerprint density at radius 3 is 2.88 bits per heavy atom. The van der Waals surface area contributed by atoms with Crippen LogP contribution in [0.2, 0.25) is 5.02 Å². The van der Waals surface area contributed by atoms with Gasteiger partial charge in [0.05, 0.1) is 0 Å². The van der Waals surface area contributed by atoms with Gasteiger partial charge in [-0.1, -0.05) is 27.5 Å². The molecule has 3 nitrogen and oxygen atoms in total. The average molecular weight is 300 g/mol. The van der Waals surface area contributed by atoms with Gasteiger partial charge in [-0.3, -0.25) is 4.79 Å². The maximum Gasteiger partial charge on any atom is 0.261 e. The molecule has 1 rings (SSSR count). The summed E-state index contributed by atoms with van der Waals surface area (Å²) in [6, 6.07) is 6.98. The number of carbonyl (C=O) groups excluding carboxylic acids is 1. The van der Waals surface area contributed by atoms with Gasteiger partial charge >= 0.3 is 0 Å². The highest BCUT2D eigenvalue weighted by molar-refractivity contribution is 9.10. The van der Waals surface area contributed by atoms with Crippen LogP contribution in [0.1, 0.15) is 5.56 Å². The molecule has 0 bridgehead atoms. The zero-order valence-electron chi connectivity index (χ0n) is 8.42. The van der Waals surface area contributed by atoms with Crippen molar-refractivity contribution in [2.45, 2.75) is 0 Å². The Balaban J connectivity index is 3.19. The van der Waals surface area contributed by atoms with Crippen LogP contribution in [0.4, 0.5) is 0 Å². The average Bonchev–Trinajstić information content (AvgIpc) is 2.29. The molecule has 0 aromatic heterocycles. The van der Waals surface area contributed by atoms with E-state index in [0.29, 0.717) is 10.6 Å². The van der Waals surface area contributed by atoms with E-state index in [9.17, 15) is 4.79 Å². The summed E-state index contributed by atoms with van der Waals surface area (Å²) in [7, 11) is 1.47. The van der Waals surface area contributed by atoms with Crippen LogP contribution in [0.5, 0.6) is 0 Å². The third kappa shape index (κ3) is 3.09. The van der Waals surface area contributed by atoms with Gasteiger partial charge in [-0.2, -0.15) is 5.26 Å². The summed E-state index contributed by atoms with van der Waals surface area (Å²) in [4.78, 5) is 11.3. The first-order chi connectivity index (χ1) is 7.58. The Morgan fingerprint density at radius 2 is 2.31 bits per heavy atom. The molecule has 1 N–H and O–H groups in total. The molecule has 0 unspecified atom stereocenters. The molecule has 82 valence electrons. The molecule has 16 heavy (non-hydrogen) atoms. The van der Waals surface area contributed by atoms with Crippen LogP contribution in [-0.2, 0) is 4.79 Å². The number of hydrogen-bond acceptors (Lipinski definition) is 2. The van der Waals surface area contributed by atoms with Gasteiger partial charge in [-0.15, -0.1) is 0 Å². The van der Waals surface area contributed by atoms with Gasteiger partial charge in [0.15, 0.2) is 0 Å². The minimum Gasteiger partial charge on any atom is -0.354 e. The largest absolute Gasteiger partial charge is 0.354 e. The molecular weight excluding hydrogens is 291 g/mol. The molecule has 1 amide bonds. The van der Waals surface area contributed by atoms with Crippen molar-refractivity contribution in [1.82, 2.24) is 5.32 Å². The van der Waals surface area contributed by atoms with E-state index in [-0.39, 0.29) is 5.57 Å². The second-order valence-electron chi connectivity index (χ2n) is 2.91. The predicted molar refractivity (Wildman–Crippen MR) is 66.8 cm³/mol. The zero-order valence-corrected chi connectivity index (χ0v) is 10.8. The van der Waals surface area contributed by atoms with E-state index in [0.717, 1.165) is 4.47 Å². The fourth-order valence-corrected chi connectivity index (χ4v) is 1.61. The Labute approximate surface area is 107 Å². The third-order valence-electron chi connectivity index (χ3n) is 1.85. The van der Waals surface area contributed by atoms with E-state index < -0.39 is 5.91 Å². The van der Waals surface area contributed by atoms with E-state index in [1.54, 1.807) is 18.2 Å². The lowest BCUT2D eigenvalue weighted by molar-refractivity contribution is -0.116. The summed E-state index contributed by atoms with van der Waals surface area (Å²) in [6.45, 7) is 0. The van der Waals surface area contributed by atoms with Crippen LogP contribution in [0.25, 0.3) is 6.08 Å². The first kappa shape index (κ1) is 12.8. The smallest absolute Gasteiger partial charge is 0.261 e. The molecule has 0 fully saturated rings. The number of rotatable bonds is 2. The van der Waals surface area contributed by atoms with Gasteiger partial charge < -0.3 is 5.32 Å². The zero-order chi connectivity index (χ0) is 12.1. The molecule has 0 heterocycles. The van der Waals surface area contributed by atoms with Crippen molar-refractivity contribution < 1.29 is 4.79 Å². The van der Waals surface area contributed by atoms with Gasteiger partial charge in [-0.05, 0) is 29.8 Å². The van der Waals surface area contributed by atoms with Crippen LogP contribution in [0, 0.1) is 11.3 Å². The lowest BCUT2D eigenvalue weighted by Gasteiger charge is -2.01. The normalized spacial score (nSPS) is 10.8. The Morgan fingerprint density at radius 1 is 1.62 bits per heavy atom. The van der Waals surface area contributed by atoms with Crippen molar-refractivity contribution >= 4 is 39.5 Å². The monoisotopic (exact) mass is 298 g/mol. The summed E-state index contributed by atoms with van der Waals surface area (Å²) in [5, 5.41) is 11.8. The molecule has 0 atom stereocenters. The van der Waals surface area contributed by atoms with Gasteiger partial charge in [0, 0.05) is 16.5 Å². The van der Waals surface area contributed by atoms with Crippen LogP contribution in [0.3, 0.4) is 0 Å². The van der Waals surface area contributed by atoms with Crippen molar-refractivity contribution in [3.8, 4) is 6.07 Å². The molecule has 0 aliphatic heterocycles. The highest BCUT2D eigenvalue weighted by atomic mass is 79.9. The summed E-state index contributed by atoms with van der Waals surface area (Å²) >= 11 is 9.14. The van der Waals surface area contributed by atoms with Crippen molar-refractivity contribution in [3.05, 3.63) is 38.8 Å². The molecule has 1 aromatic rings. The van der Waals surface area contributed by atoms with Crippen LogP contribution in [-0.4, -0.2) is 13.0 Å². The standard InChI is InChI=1S/C11H8BrClN2O/c1-15-11(16)8(6-14)4-7-5-9(13)2-3-10(7)12/h2-5H,1H3,(H,15,16)/b8-4+. The Bertz CT molecular complexity index is 491. The highest BCUT2D eigenvalue weighted by Crippen LogP contribution is 2.23. The summed E-state index contributed by atoms with van der Waals surface area (Å²) in [5.74, 6) is -0.422. The molecule has 5 heteroatoms. The second-order valence-corrected chi connectivity index (χ2v) is 4.21. The number of benzene rings is 1. The number of nitrogens with zero attached hydrogens (tertiary/aromatic N) is 1. The van der Waals surface area contributed by atoms with E-state index in [2.05, 4.69) is 21.2 Å². The van der Waals surface area contributed by atoms with Crippen molar-refractivity contribution in [1.29, 1.82) is 5.26 Å². The molecule has 0 spiro atoms. The summed E-state index contributed by atoms with van der Waals surface area (Å²) in [6.07, 6.45) is 1.48. The van der Waals surface area contributed by atoms with Crippen molar-refractivity contribution in [2.75, 3.05) is 7.05 Å². The van der Waals surface area contributed by atoms with Gasteiger partial charge in [0.25, 0.3) is 5.91 Å². The van der Waals surface area contributed by atoms with Crippen LogP contribution < -0.4 is 5.32 Å². The highest BCUT2D eigenvalue weighted by Gasteiger charge is 2.07. The molecule has 0 saturated heterocycles. The van der Waals surface area contributed by atoms with Gasteiger partial charge in [0.1, 0.15) is 11.6 Å². The third-order valence-corrected chi connectivity index (χ3v) is 2.81. The van der Waals surface area contributed by atoms with Crippen molar-refractivity contribution in [2.24, 2.45) is 0 Å². The molecule has 0 saturated carbocycles. The van der Waals surface area contributed by atoms with Crippen molar-refractivity contribution in [3.63, 3.8) is 0 Å². The second kappa shape index (κ2) is 5.69. The number of halogens is 2. The lowest BCUT2D eigenvalue weighted by atomic mass is 10.1. The molecule has 0 aliphatic rings. The number of hydrogen-bond donors (Lipinski definition) is 1. The number of amides is 1. The summed E-state index contributed by atoms with van der Waals surface area (Å²) < 4.78 is 0.772. The van der Waals surface area contributed by atoms with E-state index in [4.69, 9.17) is 16.9 Å². The molecule has 0 aliphatic carbocycles. The SMILES string of the molecule is CNC(=O)/C(C#N)=C/c1cc(Cl)ccc1Br. The topological polar surface area (TPSA) is 52.9 Å². The number of likely N-dealkylation sites (N-methyl/N-ethyl adjacent to an activating group) is 1. The van der Waals surface area contributed by atoms with Gasteiger partial charge in [0.2, 0.25) is 0 Å². The Kier molecular flexibility index (Phi) is 4.53. The fraction of sp³-hybridized carbons (Fsp3) is 0.0909. The summed E-state index contributed by atoms with van der Waals surface area (Å²) in [5.41, 5.74) is 0.720. The molecule has 1 aromatic carbocycles. The number of nitrogens with one attached hydrogen (secondary N) is 1. The molecular formula is C11H8BrClN2O. The van der Waals surface area contributed by atoms with Gasteiger partial charge in [-0.25, -0.2) is 0 Å². The van der Waals surface area contributed by atoms with E-state index in [1.165, 1.54) is 13.1 Å². The first-order valence-electron chi connectivity index (χ1n) is 4.37. The maximum atomic E-state index is 11.3. The molecule has 0 radical (unpaired) electrons. The Hall–Kier alpha value is -1.31. The lowest BCUT2D eigenvalue weighted by Crippen LogP contribution is -2.19. The predicted octanol–water partition coefficient (Wildman–Crippen LogP) is 2.76. The van der Waals surface area contributed by atoms with Crippen LogP contribution in [0.15, 0.2) is 28.2 Å². The van der Waals surface area contributed by atoms with E-state index >= 15 is 0 Å². The fourth-order valence-electron chi connectivity index (χ4n) is 1.06. The van der Waals surface area contributed by atoms with Crippen LogP contribution >= 0.6 is 27.5 Å².